The van der Waals surface area contributed by atoms with Crippen molar-refractivity contribution >= 4 is 23.4 Å². The van der Waals surface area contributed by atoms with Crippen LogP contribution in [0.15, 0.2) is 64.5 Å². The fraction of sp³-hybridized carbons (Fsp3) is 0.238. The average molecular weight is 401 g/mol. The SMILES string of the molecule is CCc1c(Cc2ccc(Cl)cc2)nc(SCOCc2ccccc2)[nH]c1=O. The fourth-order valence-electron chi connectivity index (χ4n) is 2.73. The number of aromatic nitrogens is 2. The number of nitrogens with zero attached hydrogens (tertiary/aromatic N) is 1. The monoisotopic (exact) mass is 400 g/mol. The Kier molecular flexibility index (Phi) is 7.10. The minimum absolute atomic E-state index is 0.0815. The minimum atomic E-state index is -0.0815. The highest BCUT2D eigenvalue weighted by Gasteiger charge is 2.11. The summed E-state index contributed by atoms with van der Waals surface area (Å²) in [6, 6.07) is 17.6. The average Bonchev–Trinajstić information content (AvgIpc) is 2.68. The Bertz CT molecular complexity index is 927. The maximum atomic E-state index is 12.4. The minimum Gasteiger partial charge on any atom is -0.366 e. The number of aromatic amines is 1. The lowest BCUT2D eigenvalue weighted by Gasteiger charge is -2.10. The summed E-state index contributed by atoms with van der Waals surface area (Å²) in [5.41, 5.74) is 3.63. The Balaban J connectivity index is 1.67. The van der Waals surface area contributed by atoms with Crippen LogP contribution in [0, 0.1) is 0 Å². The quantitative estimate of drug-likeness (QED) is 0.254. The van der Waals surface area contributed by atoms with Gasteiger partial charge in [0.2, 0.25) is 0 Å². The molecule has 4 nitrogen and oxygen atoms in total. The third-order valence-electron chi connectivity index (χ3n) is 4.11. The molecule has 0 aliphatic carbocycles. The maximum Gasteiger partial charge on any atom is 0.254 e. The van der Waals surface area contributed by atoms with Gasteiger partial charge in [-0.3, -0.25) is 4.79 Å². The van der Waals surface area contributed by atoms with Crippen molar-refractivity contribution in [3.8, 4) is 0 Å². The number of thioether (sulfide) groups is 1. The van der Waals surface area contributed by atoms with Crippen molar-refractivity contribution in [2.24, 2.45) is 0 Å². The smallest absolute Gasteiger partial charge is 0.254 e. The van der Waals surface area contributed by atoms with Crippen molar-refractivity contribution in [3.05, 3.63) is 92.4 Å². The van der Waals surface area contributed by atoms with Gasteiger partial charge in [-0.05, 0) is 29.7 Å². The highest BCUT2D eigenvalue weighted by atomic mass is 35.5. The van der Waals surface area contributed by atoms with E-state index in [0.717, 1.165) is 22.4 Å². The highest BCUT2D eigenvalue weighted by molar-refractivity contribution is 7.99. The molecule has 0 radical (unpaired) electrons. The molecule has 0 saturated heterocycles. The van der Waals surface area contributed by atoms with Crippen molar-refractivity contribution in [2.75, 3.05) is 5.94 Å². The van der Waals surface area contributed by atoms with Gasteiger partial charge in [-0.15, -0.1) is 0 Å². The van der Waals surface area contributed by atoms with Crippen LogP contribution in [0.2, 0.25) is 5.02 Å². The Morgan fingerprint density at radius 2 is 1.81 bits per heavy atom. The van der Waals surface area contributed by atoms with Crippen LogP contribution in [0.3, 0.4) is 0 Å². The topological polar surface area (TPSA) is 55.0 Å². The van der Waals surface area contributed by atoms with Crippen LogP contribution in [0.25, 0.3) is 0 Å². The Hall–Kier alpha value is -2.08. The highest BCUT2D eigenvalue weighted by Crippen LogP contribution is 2.18. The molecule has 1 aromatic heterocycles. The predicted molar refractivity (Wildman–Crippen MR) is 110 cm³/mol. The van der Waals surface area contributed by atoms with E-state index in [2.05, 4.69) is 9.97 Å². The molecule has 1 heterocycles. The molecule has 140 valence electrons. The summed E-state index contributed by atoms with van der Waals surface area (Å²) >= 11 is 7.34. The number of H-pyrrole nitrogens is 1. The van der Waals surface area contributed by atoms with E-state index in [9.17, 15) is 4.79 Å². The number of benzene rings is 2. The molecular formula is C21H21ClN2O2S. The fourth-order valence-corrected chi connectivity index (χ4v) is 3.47. The summed E-state index contributed by atoms with van der Waals surface area (Å²) in [5.74, 6) is 0.420. The van der Waals surface area contributed by atoms with Crippen LogP contribution in [-0.4, -0.2) is 15.9 Å². The molecule has 1 N–H and O–H groups in total. The molecule has 0 aliphatic heterocycles. The molecule has 0 aliphatic rings. The van der Waals surface area contributed by atoms with Crippen LogP contribution in [0.4, 0.5) is 0 Å². The molecule has 3 aromatic rings. The molecule has 6 heteroatoms. The number of hydrogen-bond donors (Lipinski definition) is 1. The zero-order valence-electron chi connectivity index (χ0n) is 15.1. The van der Waals surface area contributed by atoms with Crippen molar-refractivity contribution in [1.29, 1.82) is 0 Å². The van der Waals surface area contributed by atoms with E-state index in [0.29, 0.717) is 35.6 Å². The number of halogens is 1. The van der Waals surface area contributed by atoms with Gasteiger partial charge in [0.1, 0.15) is 5.94 Å². The number of ether oxygens (including phenoxy) is 1. The maximum absolute atomic E-state index is 12.4. The Morgan fingerprint density at radius 3 is 2.52 bits per heavy atom. The Morgan fingerprint density at radius 1 is 1.07 bits per heavy atom. The zero-order chi connectivity index (χ0) is 19.1. The van der Waals surface area contributed by atoms with E-state index in [1.807, 2.05) is 61.5 Å². The molecule has 3 rings (SSSR count). The standard InChI is InChI=1S/C21H21ClN2O2S/c1-2-18-19(12-15-8-10-17(22)11-9-15)23-21(24-20(18)25)27-14-26-13-16-6-4-3-5-7-16/h3-11H,2,12-14H2,1H3,(H,23,24,25). The van der Waals surface area contributed by atoms with E-state index in [1.54, 1.807) is 0 Å². The van der Waals surface area contributed by atoms with Gasteiger partial charge in [-0.1, -0.05) is 72.8 Å². The summed E-state index contributed by atoms with van der Waals surface area (Å²) in [7, 11) is 0. The van der Waals surface area contributed by atoms with Gasteiger partial charge in [0.25, 0.3) is 5.56 Å². The van der Waals surface area contributed by atoms with Crippen LogP contribution >= 0.6 is 23.4 Å². The van der Waals surface area contributed by atoms with Gasteiger partial charge in [0.05, 0.1) is 12.3 Å². The van der Waals surface area contributed by atoms with E-state index < -0.39 is 0 Å². The predicted octanol–water partition coefficient (Wildman–Crippen LogP) is 4.84. The van der Waals surface area contributed by atoms with Crippen molar-refractivity contribution in [1.82, 2.24) is 9.97 Å². The van der Waals surface area contributed by atoms with Gasteiger partial charge in [0.15, 0.2) is 5.16 Å². The number of nitrogens with one attached hydrogen (secondary N) is 1. The lowest BCUT2D eigenvalue weighted by molar-refractivity contribution is 0.169. The van der Waals surface area contributed by atoms with Gasteiger partial charge in [-0.2, -0.15) is 0 Å². The lowest BCUT2D eigenvalue weighted by Crippen LogP contribution is -2.18. The largest absolute Gasteiger partial charge is 0.366 e. The summed E-state index contributed by atoms with van der Waals surface area (Å²) in [4.78, 5) is 19.9. The summed E-state index contributed by atoms with van der Waals surface area (Å²) in [5, 5.41) is 1.27. The molecule has 2 aromatic carbocycles. The van der Waals surface area contributed by atoms with Gasteiger partial charge in [-0.25, -0.2) is 4.98 Å². The molecule has 0 atom stereocenters. The van der Waals surface area contributed by atoms with Crippen molar-refractivity contribution in [2.45, 2.75) is 31.5 Å². The lowest BCUT2D eigenvalue weighted by atomic mass is 10.0. The van der Waals surface area contributed by atoms with Gasteiger partial charge < -0.3 is 9.72 Å². The summed E-state index contributed by atoms with van der Waals surface area (Å²) in [6.07, 6.45) is 1.24. The molecule has 0 amide bonds. The first-order chi connectivity index (χ1) is 13.2. The second kappa shape index (κ2) is 9.74. The van der Waals surface area contributed by atoms with Gasteiger partial charge >= 0.3 is 0 Å². The van der Waals surface area contributed by atoms with E-state index in [-0.39, 0.29) is 5.56 Å². The number of hydrogen-bond acceptors (Lipinski definition) is 4. The second-order valence-corrected chi connectivity index (χ2v) is 7.40. The van der Waals surface area contributed by atoms with Crippen LogP contribution in [-0.2, 0) is 24.2 Å². The second-order valence-electron chi connectivity index (χ2n) is 6.05. The molecular weight excluding hydrogens is 380 g/mol. The molecule has 0 bridgehead atoms. The van der Waals surface area contributed by atoms with E-state index in [1.165, 1.54) is 11.8 Å². The van der Waals surface area contributed by atoms with E-state index >= 15 is 0 Å². The first-order valence-electron chi connectivity index (χ1n) is 8.76. The number of rotatable bonds is 8. The zero-order valence-corrected chi connectivity index (χ0v) is 16.6. The molecule has 0 unspecified atom stereocenters. The van der Waals surface area contributed by atoms with Gasteiger partial charge in [0, 0.05) is 17.0 Å². The van der Waals surface area contributed by atoms with Crippen LogP contribution < -0.4 is 5.56 Å². The normalized spacial score (nSPS) is 10.9. The van der Waals surface area contributed by atoms with E-state index in [4.69, 9.17) is 16.3 Å². The molecule has 0 saturated carbocycles. The van der Waals surface area contributed by atoms with Crippen molar-refractivity contribution in [3.63, 3.8) is 0 Å². The molecule has 27 heavy (non-hydrogen) atoms. The summed E-state index contributed by atoms with van der Waals surface area (Å²) in [6.45, 7) is 2.50. The first kappa shape index (κ1) is 19.7. The summed E-state index contributed by atoms with van der Waals surface area (Å²) < 4.78 is 5.68. The molecule has 0 fully saturated rings. The molecule has 0 spiro atoms. The van der Waals surface area contributed by atoms with Crippen LogP contribution in [0.1, 0.15) is 29.3 Å². The van der Waals surface area contributed by atoms with Crippen LogP contribution in [0.5, 0.6) is 0 Å². The Labute approximate surface area is 168 Å². The first-order valence-corrected chi connectivity index (χ1v) is 10.1. The third kappa shape index (κ3) is 5.70. The third-order valence-corrected chi connectivity index (χ3v) is 5.11. The van der Waals surface area contributed by atoms with Crippen molar-refractivity contribution < 1.29 is 4.74 Å².